The fourth-order valence-electron chi connectivity index (χ4n) is 5.02. The van der Waals surface area contributed by atoms with Crippen LogP contribution >= 0.6 is 0 Å². The molecule has 0 radical (unpaired) electrons. The van der Waals surface area contributed by atoms with Crippen LogP contribution in [0.3, 0.4) is 0 Å². The number of carbonyl (C=O) groups excluding carboxylic acids is 1. The van der Waals surface area contributed by atoms with Crippen LogP contribution < -0.4 is 14.8 Å². The van der Waals surface area contributed by atoms with Gasteiger partial charge in [-0.3, -0.25) is 4.79 Å². The molecule has 42 heavy (non-hydrogen) atoms. The van der Waals surface area contributed by atoms with Crippen molar-refractivity contribution in [2.75, 3.05) is 6.54 Å². The van der Waals surface area contributed by atoms with Crippen molar-refractivity contribution in [1.29, 1.82) is 0 Å². The van der Waals surface area contributed by atoms with E-state index >= 15 is 0 Å². The van der Waals surface area contributed by atoms with Gasteiger partial charge in [-0.05, 0) is 64.7 Å². The highest BCUT2D eigenvalue weighted by atomic mass is 32.2. The van der Waals surface area contributed by atoms with Crippen molar-refractivity contribution in [3.63, 3.8) is 0 Å². The van der Waals surface area contributed by atoms with Gasteiger partial charge in [0, 0.05) is 41.0 Å². The number of nitrogens with one attached hydrogen (secondary N) is 2. The molecule has 1 amide bonds. The van der Waals surface area contributed by atoms with Crippen LogP contribution in [0.1, 0.15) is 82.8 Å². The second kappa shape index (κ2) is 12.6. The molecule has 0 bridgehead atoms. The lowest BCUT2D eigenvalue weighted by atomic mass is 9.89. The second-order valence-electron chi connectivity index (χ2n) is 12.8. The Morgan fingerprint density at radius 3 is 2.24 bits per heavy atom. The predicted molar refractivity (Wildman–Crippen MR) is 152 cm³/mol. The number of nitrogens with zero attached hydrogens (tertiary/aromatic N) is 1. The SMILES string of the molecule is Cc1c(C(=O)NCC(C)(C)C(O)O)cc(-c2ccc(S(=O)(=O)NC(C)(C)C)c(OC(F)(F)F)c2)n1CC1CCCCC1. The van der Waals surface area contributed by atoms with Gasteiger partial charge in [0.05, 0.1) is 5.56 Å². The molecule has 1 aliphatic rings. The maximum Gasteiger partial charge on any atom is 0.573 e. The Hall–Kier alpha value is -2.61. The van der Waals surface area contributed by atoms with E-state index in [9.17, 15) is 36.6 Å². The zero-order chi connectivity index (χ0) is 31.7. The number of sulfonamides is 1. The van der Waals surface area contributed by atoms with E-state index in [-0.39, 0.29) is 17.7 Å². The summed E-state index contributed by atoms with van der Waals surface area (Å²) in [6.45, 7) is 10.1. The number of alkyl halides is 3. The number of hydrogen-bond acceptors (Lipinski definition) is 6. The molecule has 1 aliphatic carbocycles. The lowest BCUT2D eigenvalue weighted by Gasteiger charge is -2.26. The summed E-state index contributed by atoms with van der Waals surface area (Å²) in [5.74, 6) is -1.07. The Morgan fingerprint density at radius 1 is 1.07 bits per heavy atom. The summed E-state index contributed by atoms with van der Waals surface area (Å²) in [7, 11) is -4.38. The Labute approximate surface area is 245 Å². The van der Waals surface area contributed by atoms with Crippen molar-refractivity contribution in [3.05, 3.63) is 35.5 Å². The standard InChI is InChI=1S/C29H42F3N3O6S/c1-18-21(25(36)33-17-28(5,6)26(37)38)15-22(35(18)16-19-10-8-7-9-11-19)20-12-13-24(23(14-20)41-29(30,31)32)42(39,40)34-27(2,3)4/h12-15,19,26,34,37-38H,7-11,16-17H2,1-6H3,(H,33,36). The van der Waals surface area contributed by atoms with E-state index in [1.54, 1.807) is 47.6 Å². The molecular weight excluding hydrogens is 575 g/mol. The maximum absolute atomic E-state index is 13.5. The molecule has 0 atom stereocenters. The molecule has 0 saturated heterocycles. The third-order valence-electron chi connectivity index (χ3n) is 7.38. The van der Waals surface area contributed by atoms with E-state index < -0.39 is 50.2 Å². The molecule has 1 heterocycles. The molecule has 0 aliphatic heterocycles. The van der Waals surface area contributed by atoms with Crippen LogP contribution in [0.25, 0.3) is 11.3 Å². The van der Waals surface area contributed by atoms with Gasteiger partial charge in [0.2, 0.25) is 10.0 Å². The highest BCUT2D eigenvalue weighted by Crippen LogP contribution is 2.37. The highest BCUT2D eigenvalue weighted by Gasteiger charge is 2.36. The molecule has 1 aromatic carbocycles. The molecule has 1 fully saturated rings. The first-order valence-corrected chi connectivity index (χ1v) is 15.5. The van der Waals surface area contributed by atoms with Crippen molar-refractivity contribution in [2.45, 2.75) is 103 Å². The number of benzene rings is 1. The topological polar surface area (TPSA) is 130 Å². The molecule has 4 N–H and O–H groups in total. The number of hydrogen-bond donors (Lipinski definition) is 4. The van der Waals surface area contributed by atoms with E-state index in [0.29, 0.717) is 23.9 Å². The van der Waals surface area contributed by atoms with Crippen LogP contribution in [0.4, 0.5) is 13.2 Å². The highest BCUT2D eigenvalue weighted by molar-refractivity contribution is 7.89. The summed E-state index contributed by atoms with van der Waals surface area (Å²) in [5.41, 5.74) is -0.448. The number of carbonyl (C=O) groups is 1. The monoisotopic (exact) mass is 617 g/mol. The average molecular weight is 618 g/mol. The van der Waals surface area contributed by atoms with Gasteiger partial charge < -0.3 is 24.8 Å². The van der Waals surface area contributed by atoms with Gasteiger partial charge in [-0.25, -0.2) is 13.1 Å². The Bertz CT molecular complexity index is 1370. The molecule has 9 nitrogen and oxygen atoms in total. The van der Waals surface area contributed by atoms with Crippen LogP contribution in [0.2, 0.25) is 0 Å². The normalized spacial score (nSPS) is 15.7. The number of aliphatic hydroxyl groups excluding tert-OH is 1. The quantitative estimate of drug-likeness (QED) is 0.275. The van der Waals surface area contributed by atoms with E-state index in [1.807, 2.05) is 4.57 Å². The Balaban J connectivity index is 2.13. The van der Waals surface area contributed by atoms with Gasteiger partial charge in [0.25, 0.3) is 5.91 Å². The molecule has 0 spiro atoms. The van der Waals surface area contributed by atoms with Gasteiger partial charge in [-0.2, -0.15) is 0 Å². The fraction of sp³-hybridized carbons (Fsp3) is 0.621. The average Bonchev–Trinajstić information content (AvgIpc) is 3.16. The summed E-state index contributed by atoms with van der Waals surface area (Å²) in [4.78, 5) is 12.6. The van der Waals surface area contributed by atoms with E-state index in [2.05, 4.69) is 14.8 Å². The smallest absolute Gasteiger partial charge is 0.404 e. The zero-order valence-corrected chi connectivity index (χ0v) is 25.7. The molecule has 236 valence electrons. The van der Waals surface area contributed by atoms with E-state index in [4.69, 9.17) is 0 Å². The van der Waals surface area contributed by atoms with Crippen LogP contribution in [0.15, 0.2) is 29.2 Å². The summed E-state index contributed by atoms with van der Waals surface area (Å²) in [5, 5.41) is 21.9. The zero-order valence-electron chi connectivity index (χ0n) is 24.9. The predicted octanol–water partition coefficient (Wildman–Crippen LogP) is 5.09. The summed E-state index contributed by atoms with van der Waals surface area (Å²) >= 11 is 0. The molecule has 13 heteroatoms. The minimum absolute atomic E-state index is 0.0387. The van der Waals surface area contributed by atoms with Gasteiger partial charge >= 0.3 is 6.36 Å². The summed E-state index contributed by atoms with van der Waals surface area (Å²) in [6.07, 6.45) is -1.63. The number of amides is 1. The number of halogens is 3. The fourth-order valence-corrected chi connectivity index (χ4v) is 6.55. The van der Waals surface area contributed by atoms with E-state index in [1.165, 1.54) is 6.07 Å². The first-order chi connectivity index (χ1) is 19.2. The lowest BCUT2D eigenvalue weighted by Crippen LogP contribution is -2.41. The van der Waals surface area contributed by atoms with Crippen molar-refractivity contribution in [3.8, 4) is 17.0 Å². The van der Waals surface area contributed by atoms with Gasteiger partial charge in [-0.15, -0.1) is 13.2 Å². The van der Waals surface area contributed by atoms with Crippen LogP contribution in [-0.2, 0) is 16.6 Å². The van der Waals surface area contributed by atoms with Crippen LogP contribution in [0.5, 0.6) is 5.75 Å². The third kappa shape index (κ3) is 8.71. The number of ether oxygens (including phenoxy) is 1. The number of rotatable bonds is 10. The maximum atomic E-state index is 13.5. The second-order valence-corrected chi connectivity index (χ2v) is 14.4. The Morgan fingerprint density at radius 2 is 1.69 bits per heavy atom. The van der Waals surface area contributed by atoms with Crippen molar-refractivity contribution < 1.29 is 41.3 Å². The van der Waals surface area contributed by atoms with Crippen molar-refractivity contribution in [2.24, 2.45) is 11.3 Å². The molecule has 3 rings (SSSR count). The number of aliphatic hydroxyl groups is 2. The molecule has 1 saturated carbocycles. The summed E-state index contributed by atoms with van der Waals surface area (Å²) in [6, 6.07) is 5.07. The van der Waals surface area contributed by atoms with Gasteiger partial charge in [-0.1, -0.05) is 39.2 Å². The van der Waals surface area contributed by atoms with Crippen molar-refractivity contribution in [1.82, 2.24) is 14.6 Å². The van der Waals surface area contributed by atoms with Crippen LogP contribution in [-0.4, -0.2) is 53.8 Å². The molecule has 1 aromatic heterocycles. The lowest BCUT2D eigenvalue weighted by molar-refractivity contribution is -0.275. The summed E-state index contributed by atoms with van der Waals surface area (Å²) < 4.78 is 74.9. The first kappa shape index (κ1) is 33.9. The van der Waals surface area contributed by atoms with Crippen LogP contribution in [0, 0.1) is 18.3 Å². The van der Waals surface area contributed by atoms with Gasteiger partial charge in [0.15, 0.2) is 6.29 Å². The van der Waals surface area contributed by atoms with E-state index in [0.717, 1.165) is 44.2 Å². The third-order valence-corrected chi connectivity index (χ3v) is 9.17. The van der Waals surface area contributed by atoms with Crippen molar-refractivity contribution >= 4 is 15.9 Å². The molecular formula is C29H42F3N3O6S. The first-order valence-electron chi connectivity index (χ1n) is 14.0. The Kier molecular flexibility index (Phi) is 10.1. The molecule has 2 aromatic rings. The largest absolute Gasteiger partial charge is 0.573 e. The van der Waals surface area contributed by atoms with Gasteiger partial charge in [0.1, 0.15) is 10.6 Å². The minimum atomic E-state index is -5.15. The number of aromatic nitrogens is 1. The molecule has 0 unspecified atom stereocenters. The minimum Gasteiger partial charge on any atom is -0.404 e.